The Hall–Kier alpha value is -3.58. The molecule has 0 aliphatic carbocycles. The summed E-state index contributed by atoms with van der Waals surface area (Å²) in [7, 11) is 0. The van der Waals surface area contributed by atoms with Crippen LogP contribution in [-0.2, 0) is 12.3 Å². The Balaban J connectivity index is 1.47. The van der Waals surface area contributed by atoms with Gasteiger partial charge in [-0.15, -0.1) is 0 Å². The van der Waals surface area contributed by atoms with Gasteiger partial charge in [-0.2, -0.15) is 0 Å². The number of nitrogens with zero attached hydrogens (tertiary/aromatic N) is 3. The van der Waals surface area contributed by atoms with Crippen molar-refractivity contribution >= 4 is 22.7 Å². The number of aryl methyl sites for hydroxylation is 2. The van der Waals surface area contributed by atoms with Gasteiger partial charge in [-0.05, 0) is 50.2 Å². The van der Waals surface area contributed by atoms with Crippen molar-refractivity contribution in [3.63, 3.8) is 0 Å². The van der Waals surface area contributed by atoms with Gasteiger partial charge in [0.15, 0.2) is 5.16 Å². The number of thioether (sulfide) groups is 1. The topological polar surface area (TPSA) is 74.1 Å². The van der Waals surface area contributed by atoms with Crippen LogP contribution in [0.1, 0.15) is 22.8 Å². The number of aromatic nitrogens is 3. The van der Waals surface area contributed by atoms with Crippen LogP contribution < -0.4 is 5.56 Å². The molecule has 0 saturated carbocycles. The number of benzene rings is 2. The summed E-state index contributed by atoms with van der Waals surface area (Å²) in [5.41, 5.74) is 3.54. The number of para-hydroxylation sites is 1. The predicted octanol–water partition coefficient (Wildman–Crippen LogP) is 5.60. The molecule has 32 heavy (non-hydrogen) atoms. The van der Waals surface area contributed by atoms with Gasteiger partial charge >= 0.3 is 0 Å². The number of fused-ring (bicyclic) bond motifs is 1. The third kappa shape index (κ3) is 3.99. The highest BCUT2D eigenvalue weighted by molar-refractivity contribution is 7.98. The first-order chi connectivity index (χ1) is 15.6. The van der Waals surface area contributed by atoms with Crippen LogP contribution in [0, 0.1) is 13.8 Å². The Morgan fingerprint density at radius 2 is 1.78 bits per heavy atom. The van der Waals surface area contributed by atoms with Gasteiger partial charge in [0.05, 0.1) is 29.4 Å². The van der Waals surface area contributed by atoms with Crippen LogP contribution in [0.15, 0.2) is 85.7 Å². The molecule has 0 N–H and O–H groups in total. The summed E-state index contributed by atoms with van der Waals surface area (Å²) in [5, 5.41) is 1.20. The summed E-state index contributed by atoms with van der Waals surface area (Å²) in [4.78, 5) is 22.7. The highest BCUT2D eigenvalue weighted by Crippen LogP contribution is 2.27. The molecule has 3 aromatic heterocycles. The minimum absolute atomic E-state index is 0.0910. The third-order valence-electron chi connectivity index (χ3n) is 5.25. The Bertz CT molecular complexity index is 1430. The quantitative estimate of drug-likeness (QED) is 0.251. The number of oxazole rings is 1. The molecule has 7 heteroatoms. The van der Waals surface area contributed by atoms with Crippen molar-refractivity contribution in [3.05, 3.63) is 100 Å². The van der Waals surface area contributed by atoms with E-state index in [2.05, 4.69) is 0 Å². The lowest BCUT2D eigenvalue weighted by molar-refractivity contribution is 0.476. The van der Waals surface area contributed by atoms with Gasteiger partial charge in [-0.25, -0.2) is 9.97 Å². The van der Waals surface area contributed by atoms with Crippen molar-refractivity contribution in [2.75, 3.05) is 0 Å². The predicted molar refractivity (Wildman–Crippen MR) is 125 cm³/mol. The van der Waals surface area contributed by atoms with Crippen LogP contribution in [0.2, 0.25) is 0 Å². The minimum Gasteiger partial charge on any atom is -0.467 e. The van der Waals surface area contributed by atoms with E-state index in [1.807, 2.05) is 68.4 Å². The summed E-state index contributed by atoms with van der Waals surface area (Å²) in [5.74, 6) is 2.58. The van der Waals surface area contributed by atoms with Gasteiger partial charge in [0, 0.05) is 11.3 Å². The maximum atomic E-state index is 13.2. The first kappa shape index (κ1) is 20.3. The summed E-state index contributed by atoms with van der Waals surface area (Å²) in [6, 6.07) is 19.1. The summed E-state index contributed by atoms with van der Waals surface area (Å²) < 4.78 is 13.0. The van der Waals surface area contributed by atoms with Gasteiger partial charge in [0.1, 0.15) is 11.5 Å². The second-order valence-corrected chi connectivity index (χ2v) is 8.50. The second-order valence-electron chi connectivity index (χ2n) is 7.56. The zero-order chi connectivity index (χ0) is 22.1. The normalized spacial score (nSPS) is 11.3. The molecule has 0 aliphatic heterocycles. The zero-order valence-corrected chi connectivity index (χ0v) is 18.6. The van der Waals surface area contributed by atoms with Crippen molar-refractivity contribution in [3.8, 4) is 11.5 Å². The van der Waals surface area contributed by atoms with E-state index in [0.29, 0.717) is 40.0 Å². The fourth-order valence-electron chi connectivity index (χ4n) is 3.47. The lowest BCUT2D eigenvalue weighted by atomic mass is 10.1. The van der Waals surface area contributed by atoms with E-state index in [1.54, 1.807) is 16.9 Å². The van der Waals surface area contributed by atoms with E-state index in [1.165, 1.54) is 17.3 Å². The van der Waals surface area contributed by atoms with Gasteiger partial charge in [0.25, 0.3) is 5.56 Å². The number of hydrogen-bond acceptors (Lipinski definition) is 6. The van der Waals surface area contributed by atoms with Crippen LogP contribution in [0.4, 0.5) is 0 Å². The van der Waals surface area contributed by atoms with E-state index >= 15 is 0 Å². The molecule has 6 nitrogen and oxygen atoms in total. The average Bonchev–Trinajstić information content (AvgIpc) is 3.45. The van der Waals surface area contributed by atoms with E-state index in [9.17, 15) is 4.79 Å². The summed E-state index contributed by atoms with van der Waals surface area (Å²) in [6.45, 7) is 4.27. The molecule has 3 heterocycles. The number of furan rings is 1. The maximum Gasteiger partial charge on any atom is 0.262 e. The maximum absolute atomic E-state index is 13.2. The van der Waals surface area contributed by atoms with Crippen molar-refractivity contribution in [2.24, 2.45) is 0 Å². The SMILES string of the molecule is Cc1ccc(-c2nc(CSc3nc4ccccc4c(=O)n3Cc3ccco3)c(C)o2)cc1. The summed E-state index contributed by atoms with van der Waals surface area (Å²) >= 11 is 1.46. The first-order valence-corrected chi connectivity index (χ1v) is 11.2. The van der Waals surface area contributed by atoms with Gasteiger partial charge < -0.3 is 8.83 Å². The van der Waals surface area contributed by atoms with Gasteiger partial charge in [0.2, 0.25) is 5.89 Å². The molecule has 0 saturated heterocycles. The smallest absolute Gasteiger partial charge is 0.262 e. The molecule has 0 fully saturated rings. The number of hydrogen-bond donors (Lipinski definition) is 0. The summed E-state index contributed by atoms with van der Waals surface area (Å²) in [6.07, 6.45) is 1.60. The standard InChI is InChI=1S/C25H21N3O3S/c1-16-9-11-18(12-10-16)23-26-22(17(2)31-23)15-32-25-27-21-8-4-3-7-20(21)24(29)28(25)14-19-6-5-13-30-19/h3-13H,14-15H2,1-2H3. The molecule has 0 amide bonds. The fraction of sp³-hybridized carbons (Fsp3) is 0.160. The number of rotatable bonds is 6. The van der Waals surface area contributed by atoms with Crippen molar-refractivity contribution in [1.29, 1.82) is 0 Å². The molecule has 5 aromatic rings. The van der Waals surface area contributed by atoms with E-state index in [-0.39, 0.29) is 5.56 Å². The second kappa shape index (κ2) is 8.51. The molecule has 0 spiro atoms. The average molecular weight is 444 g/mol. The first-order valence-electron chi connectivity index (χ1n) is 10.3. The van der Waals surface area contributed by atoms with Crippen LogP contribution in [0.3, 0.4) is 0 Å². The lowest BCUT2D eigenvalue weighted by Crippen LogP contribution is -2.23. The van der Waals surface area contributed by atoms with E-state index in [0.717, 1.165) is 17.0 Å². The van der Waals surface area contributed by atoms with Crippen molar-refractivity contribution in [1.82, 2.24) is 14.5 Å². The van der Waals surface area contributed by atoms with Crippen LogP contribution >= 0.6 is 11.8 Å². The minimum atomic E-state index is -0.0910. The molecule has 2 aromatic carbocycles. The largest absolute Gasteiger partial charge is 0.467 e. The van der Waals surface area contributed by atoms with Gasteiger partial charge in [-0.3, -0.25) is 9.36 Å². The Labute approximate surface area is 188 Å². The molecular formula is C25H21N3O3S. The Morgan fingerprint density at radius 3 is 2.56 bits per heavy atom. The highest BCUT2D eigenvalue weighted by atomic mass is 32.2. The van der Waals surface area contributed by atoms with Crippen LogP contribution in [0.25, 0.3) is 22.4 Å². The molecule has 0 aliphatic rings. The lowest BCUT2D eigenvalue weighted by Gasteiger charge is -2.11. The molecule has 160 valence electrons. The molecule has 0 radical (unpaired) electrons. The molecule has 0 atom stereocenters. The highest BCUT2D eigenvalue weighted by Gasteiger charge is 2.16. The van der Waals surface area contributed by atoms with E-state index < -0.39 is 0 Å². The third-order valence-corrected chi connectivity index (χ3v) is 6.24. The zero-order valence-electron chi connectivity index (χ0n) is 17.7. The van der Waals surface area contributed by atoms with Crippen molar-refractivity contribution in [2.45, 2.75) is 31.3 Å². The molecule has 0 bridgehead atoms. The van der Waals surface area contributed by atoms with Crippen molar-refractivity contribution < 1.29 is 8.83 Å². The fourth-order valence-corrected chi connectivity index (χ4v) is 4.47. The molecular weight excluding hydrogens is 422 g/mol. The van der Waals surface area contributed by atoms with E-state index in [4.69, 9.17) is 18.8 Å². The Morgan fingerprint density at radius 1 is 0.969 bits per heavy atom. The van der Waals surface area contributed by atoms with Crippen LogP contribution in [0.5, 0.6) is 0 Å². The molecule has 5 rings (SSSR count). The van der Waals surface area contributed by atoms with Crippen LogP contribution in [-0.4, -0.2) is 14.5 Å². The Kier molecular flexibility index (Phi) is 5.41. The van der Waals surface area contributed by atoms with Gasteiger partial charge in [-0.1, -0.05) is 41.6 Å². The molecule has 0 unspecified atom stereocenters. The monoisotopic (exact) mass is 443 g/mol.